The average Bonchev–Trinajstić information content (AvgIpc) is 3.06. The van der Waals surface area contributed by atoms with Crippen molar-refractivity contribution in [1.29, 1.82) is 0 Å². The first-order chi connectivity index (χ1) is 21.8. The lowest BCUT2D eigenvalue weighted by molar-refractivity contribution is -0.142. The van der Waals surface area contributed by atoms with Crippen LogP contribution in [0.15, 0.2) is 36.4 Å². The molecule has 0 radical (unpaired) electrons. The predicted octanol–water partition coefficient (Wildman–Crippen LogP) is 3.69. The molecule has 4 N–H and O–H groups in total. The monoisotopic (exact) mass is 637 g/mol. The first-order valence-electron chi connectivity index (χ1n) is 16.2. The van der Waals surface area contributed by atoms with Gasteiger partial charge in [-0.05, 0) is 61.4 Å². The van der Waals surface area contributed by atoms with Crippen molar-refractivity contribution in [2.45, 2.75) is 63.8 Å². The fraction of sp³-hybridized carbons (Fsp3) is 0.545. The zero-order valence-electron chi connectivity index (χ0n) is 26.0. The third-order valence-electron chi connectivity index (χ3n) is 9.80. The lowest BCUT2D eigenvalue weighted by Crippen LogP contribution is -2.54. The number of rotatable bonds is 6. The van der Waals surface area contributed by atoms with Gasteiger partial charge in [0.1, 0.15) is 0 Å². The summed E-state index contributed by atoms with van der Waals surface area (Å²) in [7, 11) is 0. The molecule has 242 valence electrons. The Kier molecular flexibility index (Phi) is 9.67. The van der Waals surface area contributed by atoms with Gasteiger partial charge in [0.05, 0.1) is 10.7 Å². The second kappa shape index (κ2) is 13.8. The molecule has 2 aromatic carbocycles. The number of urea groups is 1. The molecule has 0 spiro atoms. The van der Waals surface area contributed by atoms with Crippen LogP contribution in [0.5, 0.6) is 0 Å². The van der Waals surface area contributed by atoms with Gasteiger partial charge in [-0.25, -0.2) is 9.59 Å². The minimum Gasteiger partial charge on any atom is -0.436 e. The number of nitrogens with two attached hydrogens (primary N) is 1. The van der Waals surface area contributed by atoms with Gasteiger partial charge in [0, 0.05) is 83.1 Å². The molecule has 2 aromatic rings. The van der Waals surface area contributed by atoms with Crippen molar-refractivity contribution in [3.8, 4) is 0 Å². The van der Waals surface area contributed by atoms with Crippen LogP contribution < -0.4 is 16.4 Å². The SMILES string of the molecule is Cc1cc(C[C@@H](OC(=O)N2CCC(N3Cc4ccccc4NC3=O)CC2)C(=O)N2CCC(N3CCNCC3)CC2)cc(Cl)c1N. The number of hydrogen-bond acceptors (Lipinski definition) is 7. The van der Waals surface area contributed by atoms with Gasteiger partial charge in [0.15, 0.2) is 6.10 Å². The second-order valence-electron chi connectivity index (χ2n) is 12.7. The fourth-order valence-electron chi connectivity index (χ4n) is 7.11. The summed E-state index contributed by atoms with van der Waals surface area (Å²) in [5, 5.41) is 6.81. The van der Waals surface area contributed by atoms with Gasteiger partial charge < -0.3 is 35.8 Å². The van der Waals surface area contributed by atoms with Crippen molar-refractivity contribution >= 4 is 41.0 Å². The largest absolute Gasteiger partial charge is 0.436 e. The number of nitrogens with zero attached hydrogens (tertiary/aromatic N) is 4. The zero-order valence-corrected chi connectivity index (χ0v) is 26.7. The van der Waals surface area contributed by atoms with E-state index in [4.69, 9.17) is 22.1 Å². The quantitative estimate of drug-likeness (QED) is 0.413. The van der Waals surface area contributed by atoms with E-state index in [-0.39, 0.29) is 24.4 Å². The predicted molar refractivity (Wildman–Crippen MR) is 174 cm³/mol. The van der Waals surface area contributed by atoms with E-state index in [1.54, 1.807) is 11.0 Å². The number of anilines is 2. The van der Waals surface area contributed by atoms with Gasteiger partial charge in [-0.2, -0.15) is 0 Å². The topological polar surface area (TPSA) is 123 Å². The van der Waals surface area contributed by atoms with Gasteiger partial charge in [-0.3, -0.25) is 9.69 Å². The van der Waals surface area contributed by atoms with Crippen molar-refractivity contribution in [2.24, 2.45) is 0 Å². The van der Waals surface area contributed by atoms with Crippen molar-refractivity contribution < 1.29 is 19.1 Å². The van der Waals surface area contributed by atoms with Gasteiger partial charge in [0.25, 0.3) is 5.91 Å². The maximum atomic E-state index is 13.9. The molecule has 0 aliphatic carbocycles. The van der Waals surface area contributed by atoms with Crippen LogP contribution in [-0.4, -0.2) is 108 Å². The van der Waals surface area contributed by atoms with Crippen molar-refractivity contribution in [3.63, 3.8) is 0 Å². The highest BCUT2D eigenvalue weighted by atomic mass is 35.5. The summed E-state index contributed by atoms with van der Waals surface area (Å²) >= 11 is 6.39. The van der Waals surface area contributed by atoms with Gasteiger partial charge in [-0.1, -0.05) is 35.9 Å². The number of piperidine rings is 2. The van der Waals surface area contributed by atoms with Crippen LogP contribution in [-0.2, 0) is 22.5 Å². The number of ether oxygens (including phenoxy) is 1. The molecule has 3 fully saturated rings. The van der Waals surface area contributed by atoms with Crippen LogP contribution >= 0.6 is 11.6 Å². The third-order valence-corrected chi connectivity index (χ3v) is 10.1. The molecular weight excluding hydrogens is 594 g/mol. The lowest BCUT2D eigenvalue weighted by Gasteiger charge is -2.41. The maximum Gasteiger partial charge on any atom is 0.410 e. The van der Waals surface area contributed by atoms with E-state index in [0.29, 0.717) is 62.3 Å². The lowest BCUT2D eigenvalue weighted by atomic mass is 9.99. The molecule has 6 rings (SSSR count). The van der Waals surface area contributed by atoms with E-state index in [0.717, 1.165) is 61.4 Å². The van der Waals surface area contributed by atoms with Crippen LogP contribution in [0.4, 0.5) is 21.0 Å². The Hall–Kier alpha value is -3.54. The number of nitrogens with one attached hydrogen (secondary N) is 2. The molecule has 0 unspecified atom stereocenters. The molecular formula is C33H44ClN7O4. The number of aryl methyl sites for hydroxylation is 1. The number of para-hydroxylation sites is 1. The van der Waals surface area contributed by atoms with Crippen molar-refractivity contribution in [3.05, 3.63) is 58.1 Å². The van der Waals surface area contributed by atoms with Crippen molar-refractivity contribution in [1.82, 2.24) is 24.9 Å². The van der Waals surface area contributed by atoms with Gasteiger partial charge in [0.2, 0.25) is 0 Å². The maximum absolute atomic E-state index is 13.9. The van der Waals surface area contributed by atoms with Crippen LogP contribution in [0.2, 0.25) is 5.02 Å². The average molecular weight is 638 g/mol. The fourth-order valence-corrected chi connectivity index (χ4v) is 7.40. The molecule has 45 heavy (non-hydrogen) atoms. The van der Waals surface area contributed by atoms with Crippen LogP contribution in [0.1, 0.15) is 42.4 Å². The van der Waals surface area contributed by atoms with E-state index < -0.39 is 12.2 Å². The van der Waals surface area contributed by atoms with E-state index in [1.807, 2.05) is 47.1 Å². The molecule has 11 nitrogen and oxygen atoms in total. The first-order valence-corrected chi connectivity index (χ1v) is 16.5. The Bertz CT molecular complexity index is 1380. The van der Waals surface area contributed by atoms with Gasteiger partial charge >= 0.3 is 12.1 Å². The Balaban J connectivity index is 1.09. The number of nitrogen functional groups attached to an aromatic ring is 1. The molecule has 0 aromatic heterocycles. The second-order valence-corrected chi connectivity index (χ2v) is 13.1. The molecule has 1 atom stereocenters. The Morgan fingerprint density at radius 3 is 2.36 bits per heavy atom. The highest BCUT2D eigenvalue weighted by Crippen LogP contribution is 2.29. The zero-order chi connectivity index (χ0) is 31.5. The molecule has 3 saturated heterocycles. The number of carbonyl (C=O) groups is 3. The molecule has 0 saturated carbocycles. The van der Waals surface area contributed by atoms with E-state index >= 15 is 0 Å². The summed E-state index contributed by atoms with van der Waals surface area (Å²) in [4.78, 5) is 48.2. The number of amides is 4. The standard InChI is InChI=1S/C33H44ClN7O4/c1-22-18-23(19-27(34)30(22)35)20-29(31(42)39-12-6-25(7-13-39)38-16-10-36-11-17-38)45-33(44)40-14-8-26(9-15-40)41-21-24-4-2-3-5-28(24)37-32(41)43/h2-5,18-19,25-26,29,36H,6-17,20-21,35H2,1H3,(H,37,43)/t29-/m1/s1. The summed E-state index contributed by atoms with van der Waals surface area (Å²) in [6, 6.07) is 11.8. The normalized spacial score (nSPS) is 20.8. The molecule has 4 aliphatic heterocycles. The van der Waals surface area contributed by atoms with Gasteiger partial charge in [-0.15, -0.1) is 0 Å². The first kappa shape index (κ1) is 31.4. The van der Waals surface area contributed by atoms with Crippen LogP contribution in [0.25, 0.3) is 0 Å². The minimum absolute atomic E-state index is 0.0108. The summed E-state index contributed by atoms with van der Waals surface area (Å²) in [6.45, 7) is 8.63. The molecule has 4 amide bonds. The summed E-state index contributed by atoms with van der Waals surface area (Å²) in [6.07, 6.45) is 1.81. The number of hydrogen-bond donors (Lipinski definition) is 3. The van der Waals surface area contributed by atoms with E-state index in [9.17, 15) is 14.4 Å². The molecule has 12 heteroatoms. The van der Waals surface area contributed by atoms with Crippen LogP contribution in [0, 0.1) is 6.92 Å². The number of carbonyl (C=O) groups excluding carboxylic acids is 3. The Morgan fingerprint density at radius 1 is 0.978 bits per heavy atom. The number of fused-ring (bicyclic) bond motifs is 1. The highest BCUT2D eigenvalue weighted by Gasteiger charge is 2.36. The number of likely N-dealkylation sites (tertiary alicyclic amines) is 2. The summed E-state index contributed by atoms with van der Waals surface area (Å²) < 4.78 is 6.02. The third kappa shape index (κ3) is 7.15. The minimum atomic E-state index is -0.977. The van der Waals surface area contributed by atoms with Crippen molar-refractivity contribution in [2.75, 3.05) is 63.4 Å². The molecule has 4 aliphatic rings. The Morgan fingerprint density at radius 2 is 1.64 bits per heavy atom. The van der Waals surface area contributed by atoms with Crippen LogP contribution in [0.3, 0.4) is 0 Å². The summed E-state index contributed by atoms with van der Waals surface area (Å²) in [5.74, 6) is -0.175. The van der Waals surface area contributed by atoms with E-state index in [2.05, 4.69) is 15.5 Å². The smallest absolute Gasteiger partial charge is 0.410 e. The van der Waals surface area contributed by atoms with E-state index in [1.165, 1.54) is 0 Å². The molecule has 4 heterocycles. The highest BCUT2D eigenvalue weighted by molar-refractivity contribution is 6.33. The Labute approximate surface area is 270 Å². The summed E-state index contributed by atoms with van der Waals surface area (Å²) in [5.41, 5.74) is 10.1. The molecule has 0 bridgehead atoms. The number of piperazine rings is 1. The number of benzene rings is 2. The number of halogens is 1.